The molecule has 0 amide bonds. The zero-order valence-corrected chi connectivity index (χ0v) is 13.2. The number of hydrogen-bond acceptors (Lipinski definition) is 2. The third-order valence-electron chi connectivity index (χ3n) is 3.72. The highest BCUT2D eigenvalue weighted by atomic mass is 35.5. The van der Waals surface area contributed by atoms with Gasteiger partial charge in [-0.3, -0.25) is 0 Å². The van der Waals surface area contributed by atoms with Gasteiger partial charge in [0.15, 0.2) is 0 Å². The summed E-state index contributed by atoms with van der Waals surface area (Å²) < 4.78 is 41.5. The van der Waals surface area contributed by atoms with Gasteiger partial charge in [-0.2, -0.15) is 0 Å². The van der Waals surface area contributed by atoms with E-state index in [9.17, 15) is 12.8 Å². The van der Waals surface area contributed by atoms with Gasteiger partial charge in [0.1, 0.15) is 10.7 Å². The highest BCUT2D eigenvalue weighted by Crippen LogP contribution is 2.41. The molecule has 1 aliphatic rings. The molecule has 116 valence electrons. The van der Waals surface area contributed by atoms with Crippen molar-refractivity contribution in [1.29, 1.82) is 0 Å². The van der Waals surface area contributed by atoms with Crippen LogP contribution in [0.5, 0.6) is 0 Å². The lowest BCUT2D eigenvalue weighted by Crippen LogP contribution is -2.30. The molecule has 3 rings (SSSR count). The molecule has 1 N–H and O–H groups in total. The predicted molar refractivity (Wildman–Crippen MR) is 83.6 cm³/mol. The fourth-order valence-electron chi connectivity index (χ4n) is 2.45. The Morgan fingerprint density at radius 2 is 1.82 bits per heavy atom. The van der Waals surface area contributed by atoms with Crippen LogP contribution in [0.25, 0.3) is 0 Å². The van der Waals surface area contributed by atoms with E-state index in [-0.39, 0.29) is 21.9 Å². The average molecular weight is 340 g/mol. The Labute approximate surface area is 134 Å². The number of rotatable bonds is 5. The molecule has 1 atom stereocenters. The van der Waals surface area contributed by atoms with Crippen molar-refractivity contribution in [3.63, 3.8) is 0 Å². The largest absolute Gasteiger partial charge is 0.244 e. The van der Waals surface area contributed by atoms with E-state index in [0.29, 0.717) is 0 Å². The molecular weight excluding hydrogens is 325 g/mol. The van der Waals surface area contributed by atoms with E-state index < -0.39 is 15.8 Å². The molecule has 0 aliphatic heterocycles. The van der Waals surface area contributed by atoms with Gasteiger partial charge in [0, 0.05) is 11.1 Å². The quantitative estimate of drug-likeness (QED) is 0.897. The summed E-state index contributed by atoms with van der Waals surface area (Å²) >= 11 is 5.67. The number of halogens is 2. The lowest BCUT2D eigenvalue weighted by atomic mass is 10.0. The van der Waals surface area contributed by atoms with Gasteiger partial charge in [0.05, 0.1) is 0 Å². The zero-order chi connectivity index (χ0) is 15.7. The zero-order valence-electron chi connectivity index (χ0n) is 11.7. The summed E-state index contributed by atoms with van der Waals surface area (Å²) in [6, 6.07) is 12.6. The van der Waals surface area contributed by atoms with Crippen LogP contribution in [-0.2, 0) is 10.0 Å². The van der Waals surface area contributed by atoms with Crippen LogP contribution in [0.15, 0.2) is 53.4 Å². The van der Waals surface area contributed by atoms with E-state index in [1.54, 1.807) is 0 Å². The molecule has 0 bridgehead atoms. The Bertz CT molecular complexity index is 776. The van der Waals surface area contributed by atoms with Crippen LogP contribution in [0.1, 0.15) is 24.4 Å². The summed E-state index contributed by atoms with van der Waals surface area (Å²) in [6.07, 6.45) is 1.93. The second-order valence-electron chi connectivity index (χ2n) is 5.42. The van der Waals surface area contributed by atoms with E-state index in [4.69, 9.17) is 11.6 Å². The first-order chi connectivity index (χ1) is 10.5. The summed E-state index contributed by atoms with van der Waals surface area (Å²) in [7, 11) is -3.94. The molecule has 1 saturated carbocycles. The second kappa shape index (κ2) is 5.99. The third-order valence-corrected chi connectivity index (χ3v) is 5.43. The van der Waals surface area contributed by atoms with E-state index in [1.807, 2.05) is 30.3 Å². The molecule has 1 unspecified atom stereocenters. The van der Waals surface area contributed by atoms with Crippen molar-refractivity contribution < 1.29 is 12.8 Å². The first-order valence-corrected chi connectivity index (χ1v) is 8.86. The summed E-state index contributed by atoms with van der Waals surface area (Å²) in [4.78, 5) is -0.376. The van der Waals surface area contributed by atoms with Crippen molar-refractivity contribution in [2.45, 2.75) is 23.8 Å². The van der Waals surface area contributed by atoms with Crippen LogP contribution in [-0.4, -0.2) is 8.42 Å². The maximum atomic E-state index is 13.9. The topological polar surface area (TPSA) is 46.2 Å². The predicted octanol–water partition coefficient (Wildman–Crippen LogP) is 3.91. The Balaban J connectivity index is 1.92. The van der Waals surface area contributed by atoms with Crippen molar-refractivity contribution >= 4 is 21.6 Å². The van der Waals surface area contributed by atoms with Crippen LogP contribution in [0.2, 0.25) is 5.02 Å². The lowest BCUT2D eigenvalue weighted by Gasteiger charge is -2.19. The van der Waals surface area contributed by atoms with Crippen molar-refractivity contribution in [3.05, 3.63) is 64.9 Å². The maximum absolute atomic E-state index is 13.9. The van der Waals surface area contributed by atoms with Crippen LogP contribution >= 0.6 is 11.6 Å². The Hall–Kier alpha value is -1.43. The fourth-order valence-corrected chi connectivity index (χ4v) is 3.96. The monoisotopic (exact) mass is 339 g/mol. The molecule has 0 aromatic heterocycles. The minimum atomic E-state index is -3.94. The summed E-state index contributed by atoms with van der Waals surface area (Å²) in [6.45, 7) is 0. The summed E-state index contributed by atoms with van der Waals surface area (Å²) in [5, 5.41) is 0.165. The smallest absolute Gasteiger partial charge is 0.207 e. The van der Waals surface area contributed by atoms with Gasteiger partial charge in [-0.1, -0.05) is 41.9 Å². The van der Waals surface area contributed by atoms with Gasteiger partial charge in [-0.25, -0.2) is 17.5 Å². The third kappa shape index (κ3) is 3.32. The highest BCUT2D eigenvalue weighted by Gasteiger charge is 2.36. The Morgan fingerprint density at radius 1 is 1.14 bits per heavy atom. The maximum Gasteiger partial charge on any atom is 0.244 e. The molecule has 1 aliphatic carbocycles. The van der Waals surface area contributed by atoms with Crippen LogP contribution in [0.4, 0.5) is 4.39 Å². The molecule has 3 nitrogen and oxygen atoms in total. The molecule has 0 heterocycles. The van der Waals surface area contributed by atoms with Gasteiger partial charge in [-0.15, -0.1) is 0 Å². The van der Waals surface area contributed by atoms with Crippen molar-refractivity contribution in [2.75, 3.05) is 0 Å². The van der Waals surface area contributed by atoms with Gasteiger partial charge in [0.25, 0.3) is 0 Å². The summed E-state index contributed by atoms with van der Waals surface area (Å²) in [5.41, 5.74) is 0.892. The Kier molecular flexibility index (Phi) is 4.21. The fraction of sp³-hybridized carbons (Fsp3) is 0.250. The van der Waals surface area contributed by atoms with E-state index >= 15 is 0 Å². The number of hydrogen-bond donors (Lipinski definition) is 1. The van der Waals surface area contributed by atoms with Crippen LogP contribution in [0, 0.1) is 11.7 Å². The first-order valence-electron chi connectivity index (χ1n) is 7.00. The van der Waals surface area contributed by atoms with Gasteiger partial charge >= 0.3 is 0 Å². The molecule has 2 aromatic carbocycles. The van der Waals surface area contributed by atoms with Crippen LogP contribution < -0.4 is 4.72 Å². The molecule has 6 heteroatoms. The molecule has 2 aromatic rings. The molecule has 22 heavy (non-hydrogen) atoms. The van der Waals surface area contributed by atoms with Gasteiger partial charge in [0.2, 0.25) is 10.0 Å². The average Bonchev–Trinajstić information content (AvgIpc) is 3.30. The van der Waals surface area contributed by atoms with Crippen LogP contribution in [0.3, 0.4) is 0 Å². The molecular formula is C16H15ClFNO2S. The lowest BCUT2D eigenvalue weighted by molar-refractivity contribution is 0.519. The van der Waals surface area contributed by atoms with Crippen molar-refractivity contribution in [3.8, 4) is 0 Å². The highest BCUT2D eigenvalue weighted by molar-refractivity contribution is 7.89. The minimum Gasteiger partial charge on any atom is -0.207 e. The normalized spacial score (nSPS) is 16.5. The molecule has 1 fully saturated rings. The second-order valence-corrected chi connectivity index (χ2v) is 7.54. The number of nitrogens with one attached hydrogen (secondary N) is 1. The van der Waals surface area contributed by atoms with Gasteiger partial charge in [-0.05, 0) is 42.5 Å². The van der Waals surface area contributed by atoms with Gasteiger partial charge < -0.3 is 0 Å². The Morgan fingerprint density at radius 3 is 2.41 bits per heavy atom. The minimum absolute atomic E-state index is 0.165. The summed E-state index contributed by atoms with van der Waals surface area (Å²) in [5.74, 6) is -0.588. The van der Waals surface area contributed by atoms with Crippen molar-refractivity contribution in [2.24, 2.45) is 5.92 Å². The number of benzene rings is 2. The molecule has 0 spiro atoms. The molecule has 0 saturated heterocycles. The molecule has 0 radical (unpaired) electrons. The van der Waals surface area contributed by atoms with Crippen molar-refractivity contribution in [1.82, 2.24) is 4.72 Å². The van der Waals surface area contributed by atoms with E-state index in [2.05, 4.69) is 4.72 Å². The van der Waals surface area contributed by atoms with E-state index in [1.165, 1.54) is 12.1 Å². The number of sulfonamides is 1. The first kappa shape index (κ1) is 15.5. The standard InChI is InChI=1S/C16H15ClFNO2S/c17-13-8-9-15(14(18)10-13)22(20,21)19-16(12-6-7-12)11-4-2-1-3-5-11/h1-5,8-10,12,16,19H,6-7H2. The SMILES string of the molecule is O=S(=O)(NC(c1ccccc1)C1CC1)c1ccc(Cl)cc1F. The van der Waals surface area contributed by atoms with E-state index in [0.717, 1.165) is 24.5 Å².